The van der Waals surface area contributed by atoms with Crippen LogP contribution in [0.3, 0.4) is 0 Å². The molecule has 1 fully saturated rings. The van der Waals surface area contributed by atoms with Crippen LogP contribution in [-0.2, 0) is 4.84 Å². The lowest BCUT2D eigenvalue weighted by Crippen LogP contribution is -2.30. The molecule has 1 aromatic carbocycles. The minimum Gasteiger partial charge on any atom is -0.493 e. The Morgan fingerprint density at radius 1 is 1.18 bits per heavy atom. The first-order chi connectivity index (χ1) is 8.26. The number of methoxy groups -OCH3 is 2. The largest absolute Gasteiger partial charge is 0.493 e. The molecule has 5 heteroatoms. The fourth-order valence-electron chi connectivity index (χ4n) is 1.89. The maximum atomic E-state index is 5.99. The van der Waals surface area contributed by atoms with E-state index in [9.17, 15) is 0 Å². The summed E-state index contributed by atoms with van der Waals surface area (Å²) in [5.74, 6) is 1.29. The van der Waals surface area contributed by atoms with Crippen molar-refractivity contribution in [1.82, 2.24) is 0 Å². The number of anilines is 2. The number of nitrogens with two attached hydrogens (primary N) is 1. The Morgan fingerprint density at radius 3 is 2.47 bits per heavy atom. The van der Waals surface area contributed by atoms with Crippen molar-refractivity contribution in [2.75, 3.05) is 38.2 Å². The first kappa shape index (κ1) is 11.9. The van der Waals surface area contributed by atoms with Crippen molar-refractivity contribution in [2.24, 2.45) is 0 Å². The first-order valence-corrected chi connectivity index (χ1v) is 5.68. The summed E-state index contributed by atoms with van der Waals surface area (Å²) in [4.78, 5) is 5.57. The minimum absolute atomic E-state index is 0.629. The number of nitrogen functional groups attached to an aromatic ring is 1. The molecule has 0 amide bonds. The molecule has 1 saturated heterocycles. The van der Waals surface area contributed by atoms with E-state index >= 15 is 0 Å². The second-order valence-corrected chi connectivity index (χ2v) is 3.91. The fourth-order valence-corrected chi connectivity index (χ4v) is 1.89. The van der Waals surface area contributed by atoms with E-state index in [0.29, 0.717) is 17.2 Å². The Balaban J connectivity index is 2.32. The molecule has 2 N–H and O–H groups in total. The highest BCUT2D eigenvalue weighted by Gasteiger charge is 2.17. The molecule has 1 aromatic rings. The van der Waals surface area contributed by atoms with Crippen LogP contribution >= 0.6 is 0 Å². The maximum Gasteiger partial charge on any atom is 0.163 e. The van der Waals surface area contributed by atoms with Gasteiger partial charge in [0.2, 0.25) is 0 Å². The fraction of sp³-hybridized carbons (Fsp3) is 0.500. The molecule has 0 radical (unpaired) electrons. The van der Waals surface area contributed by atoms with Crippen molar-refractivity contribution < 1.29 is 14.3 Å². The van der Waals surface area contributed by atoms with Crippen LogP contribution in [0.1, 0.15) is 12.8 Å². The van der Waals surface area contributed by atoms with Gasteiger partial charge in [0.05, 0.1) is 32.2 Å². The zero-order valence-electron chi connectivity index (χ0n) is 10.2. The maximum absolute atomic E-state index is 5.99. The van der Waals surface area contributed by atoms with E-state index in [0.717, 1.165) is 31.7 Å². The van der Waals surface area contributed by atoms with Gasteiger partial charge < -0.3 is 15.2 Å². The lowest BCUT2D eigenvalue weighted by Gasteiger charge is -2.29. The predicted molar refractivity (Wildman–Crippen MR) is 66.5 cm³/mol. The van der Waals surface area contributed by atoms with Crippen LogP contribution < -0.4 is 20.3 Å². The lowest BCUT2D eigenvalue weighted by atomic mass is 10.2. The van der Waals surface area contributed by atoms with Gasteiger partial charge >= 0.3 is 0 Å². The van der Waals surface area contributed by atoms with Crippen LogP contribution in [0.15, 0.2) is 12.1 Å². The Kier molecular flexibility index (Phi) is 3.58. The Labute approximate surface area is 101 Å². The van der Waals surface area contributed by atoms with Crippen molar-refractivity contribution in [3.63, 3.8) is 0 Å². The summed E-state index contributed by atoms with van der Waals surface area (Å²) in [5.41, 5.74) is 7.46. The highest BCUT2D eigenvalue weighted by molar-refractivity contribution is 5.72. The number of nitrogens with zero attached hydrogens (tertiary/aromatic N) is 1. The van der Waals surface area contributed by atoms with Gasteiger partial charge in [0.1, 0.15) is 0 Å². The molecular weight excluding hydrogens is 220 g/mol. The monoisotopic (exact) mass is 238 g/mol. The molecule has 2 rings (SSSR count). The number of ether oxygens (including phenoxy) is 2. The van der Waals surface area contributed by atoms with Crippen LogP contribution in [0.5, 0.6) is 11.5 Å². The highest BCUT2D eigenvalue weighted by atomic mass is 16.7. The van der Waals surface area contributed by atoms with Crippen LogP contribution in [-0.4, -0.2) is 27.4 Å². The third kappa shape index (κ3) is 2.39. The SMILES string of the molecule is COc1cc(N)c(N2CCCCO2)cc1OC. The van der Waals surface area contributed by atoms with E-state index < -0.39 is 0 Å². The van der Waals surface area contributed by atoms with Gasteiger partial charge in [-0.05, 0) is 12.8 Å². The second-order valence-electron chi connectivity index (χ2n) is 3.91. The molecule has 1 heterocycles. The second kappa shape index (κ2) is 5.14. The van der Waals surface area contributed by atoms with E-state index in [2.05, 4.69) is 0 Å². The minimum atomic E-state index is 0.629. The summed E-state index contributed by atoms with van der Waals surface area (Å²) in [7, 11) is 3.20. The van der Waals surface area contributed by atoms with E-state index in [1.54, 1.807) is 20.3 Å². The Morgan fingerprint density at radius 2 is 1.88 bits per heavy atom. The molecule has 0 aliphatic carbocycles. The molecule has 0 saturated carbocycles. The zero-order valence-corrected chi connectivity index (χ0v) is 10.2. The number of benzene rings is 1. The van der Waals surface area contributed by atoms with Crippen LogP contribution in [0, 0.1) is 0 Å². The summed E-state index contributed by atoms with van der Waals surface area (Å²) < 4.78 is 10.5. The summed E-state index contributed by atoms with van der Waals surface area (Å²) in [6.45, 7) is 1.58. The molecular formula is C12H18N2O3. The Hall–Kier alpha value is -1.62. The number of rotatable bonds is 3. The van der Waals surface area contributed by atoms with Crippen molar-refractivity contribution >= 4 is 11.4 Å². The summed E-state index contributed by atoms with van der Waals surface area (Å²) in [6, 6.07) is 3.60. The summed E-state index contributed by atoms with van der Waals surface area (Å²) in [6.07, 6.45) is 2.19. The van der Waals surface area contributed by atoms with Crippen LogP contribution in [0.4, 0.5) is 11.4 Å². The number of hydrogen-bond donors (Lipinski definition) is 1. The average molecular weight is 238 g/mol. The van der Waals surface area contributed by atoms with E-state index in [-0.39, 0.29) is 0 Å². The number of hydrogen-bond acceptors (Lipinski definition) is 5. The van der Waals surface area contributed by atoms with Gasteiger partial charge in [0, 0.05) is 18.7 Å². The van der Waals surface area contributed by atoms with Crippen molar-refractivity contribution in [1.29, 1.82) is 0 Å². The third-order valence-corrected chi connectivity index (χ3v) is 2.80. The normalized spacial score (nSPS) is 15.8. The quantitative estimate of drug-likeness (QED) is 0.814. The predicted octanol–water partition coefficient (Wildman–Crippen LogP) is 1.82. The van der Waals surface area contributed by atoms with Crippen molar-refractivity contribution in [3.8, 4) is 11.5 Å². The molecule has 1 aliphatic heterocycles. The molecule has 0 unspecified atom stereocenters. The summed E-state index contributed by atoms with van der Waals surface area (Å²) >= 11 is 0. The molecule has 0 aromatic heterocycles. The van der Waals surface area contributed by atoms with E-state index in [1.807, 2.05) is 11.1 Å². The molecule has 0 atom stereocenters. The summed E-state index contributed by atoms with van der Waals surface area (Å²) in [5, 5.41) is 1.82. The molecule has 0 bridgehead atoms. The number of hydroxylamine groups is 1. The Bertz CT molecular complexity index is 390. The molecule has 5 nitrogen and oxygen atoms in total. The van der Waals surface area contributed by atoms with Gasteiger partial charge in [-0.2, -0.15) is 0 Å². The van der Waals surface area contributed by atoms with Gasteiger partial charge in [-0.3, -0.25) is 9.90 Å². The molecule has 17 heavy (non-hydrogen) atoms. The average Bonchev–Trinajstić information content (AvgIpc) is 2.39. The standard InChI is InChI=1S/C12H18N2O3/c1-15-11-7-9(13)10(8-12(11)16-2)14-5-3-4-6-17-14/h7-8H,3-6,13H2,1-2H3. The van der Waals surface area contributed by atoms with Crippen LogP contribution in [0.25, 0.3) is 0 Å². The van der Waals surface area contributed by atoms with Gasteiger partial charge in [-0.15, -0.1) is 0 Å². The van der Waals surface area contributed by atoms with Gasteiger partial charge in [-0.25, -0.2) is 0 Å². The van der Waals surface area contributed by atoms with Gasteiger partial charge in [0.25, 0.3) is 0 Å². The highest BCUT2D eigenvalue weighted by Crippen LogP contribution is 2.37. The van der Waals surface area contributed by atoms with Crippen LogP contribution in [0.2, 0.25) is 0 Å². The molecule has 1 aliphatic rings. The smallest absolute Gasteiger partial charge is 0.163 e. The molecule has 0 spiro atoms. The lowest BCUT2D eigenvalue weighted by molar-refractivity contribution is 0.0780. The van der Waals surface area contributed by atoms with Gasteiger partial charge in [0.15, 0.2) is 11.5 Å². The van der Waals surface area contributed by atoms with Crippen molar-refractivity contribution in [3.05, 3.63) is 12.1 Å². The first-order valence-electron chi connectivity index (χ1n) is 5.68. The third-order valence-electron chi connectivity index (χ3n) is 2.80. The molecule has 94 valence electrons. The van der Waals surface area contributed by atoms with Crippen molar-refractivity contribution in [2.45, 2.75) is 12.8 Å². The van der Waals surface area contributed by atoms with Gasteiger partial charge in [-0.1, -0.05) is 0 Å². The van der Waals surface area contributed by atoms with E-state index in [1.165, 1.54) is 0 Å². The topological polar surface area (TPSA) is 57.0 Å². The van der Waals surface area contributed by atoms with E-state index in [4.69, 9.17) is 20.0 Å². The zero-order chi connectivity index (χ0) is 12.3.